The highest BCUT2D eigenvalue weighted by molar-refractivity contribution is 6.04. The molecule has 2 amide bonds. The van der Waals surface area contributed by atoms with Crippen LogP contribution in [0.2, 0.25) is 0 Å². The lowest BCUT2D eigenvalue weighted by Gasteiger charge is -2.37. The summed E-state index contributed by atoms with van der Waals surface area (Å²) in [6.45, 7) is 7.53. The Hall–Kier alpha value is -2.93. The fraction of sp³-hybridized carbons (Fsp3) is 0.480. The molecule has 0 radical (unpaired) electrons. The molecular formula is C25H31N3O4. The van der Waals surface area contributed by atoms with Crippen molar-refractivity contribution in [2.45, 2.75) is 52.4 Å². The van der Waals surface area contributed by atoms with Crippen LogP contribution in [0.15, 0.2) is 42.7 Å². The van der Waals surface area contributed by atoms with E-state index in [1.165, 1.54) is 0 Å². The number of aromatic nitrogens is 1. The number of carbonyl (C=O) groups is 2. The lowest BCUT2D eigenvalue weighted by atomic mass is 10.0. The first-order chi connectivity index (χ1) is 15.4. The molecule has 2 atom stereocenters. The highest BCUT2D eigenvalue weighted by atomic mass is 16.5. The van der Waals surface area contributed by atoms with E-state index in [-0.39, 0.29) is 30.4 Å². The van der Waals surface area contributed by atoms with Gasteiger partial charge in [0.15, 0.2) is 6.10 Å². The second kappa shape index (κ2) is 9.69. The predicted molar refractivity (Wildman–Crippen MR) is 121 cm³/mol. The second-order valence-corrected chi connectivity index (χ2v) is 8.94. The third-order valence-corrected chi connectivity index (χ3v) is 5.99. The van der Waals surface area contributed by atoms with Crippen molar-refractivity contribution < 1.29 is 19.1 Å². The third-order valence-electron chi connectivity index (χ3n) is 5.99. The van der Waals surface area contributed by atoms with Crippen LogP contribution in [0.4, 0.5) is 5.69 Å². The molecule has 7 heteroatoms. The topological polar surface area (TPSA) is 72.0 Å². The molecular weight excluding hydrogens is 406 g/mol. The van der Waals surface area contributed by atoms with Crippen molar-refractivity contribution in [3.8, 4) is 5.75 Å². The van der Waals surface area contributed by atoms with Gasteiger partial charge in [-0.1, -0.05) is 19.9 Å². The van der Waals surface area contributed by atoms with E-state index in [1.54, 1.807) is 22.2 Å². The Labute approximate surface area is 189 Å². The van der Waals surface area contributed by atoms with E-state index in [4.69, 9.17) is 9.47 Å². The Balaban J connectivity index is 1.59. The van der Waals surface area contributed by atoms with Crippen LogP contribution in [-0.2, 0) is 20.9 Å². The summed E-state index contributed by atoms with van der Waals surface area (Å²) in [6, 6.07) is 9.56. The van der Waals surface area contributed by atoms with Crippen LogP contribution in [0.5, 0.6) is 5.75 Å². The summed E-state index contributed by atoms with van der Waals surface area (Å²) >= 11 is 0. The third kappa shape index (κ3) is 4.93. The summed E-state index contributed by atoms with van der Waals surface area (Å²) in [6.07, 6.45) is 4.81. The van der Waals surface area contributed by atoms with Gasteiger partial charge >= 0.3 is 0 Å². The minimum absolute atomic E-state index is 0.00522. The Morgan fingerprint density at radius 1 is 1.25 bits per heavy atom. The van der Waals surface area contributed by atoms with Crippen molar-refractivity contribution in [2.75, 3.05) is 24.6 Å². The molecule has 4 rings (SSSR count). The average Bonchev–Trinajstić information content (AvgIpc) is 3.29. The molecule has 0 aliphatic carbocycles. The van der Waals surface area contributed by atoms with E-state index < -0.39 is 6.10 Å². The first-order valence-corrected chi connectivity index (χ1v) is 11.3. The van der Waals surface area contributed by atoms with Gasteiger partial charge in [0.25, 0.3) is 5.91 Å². The highest BCUT2D eigenvalue weighted by Crippen LogP contribution is 2.36. The van der Waals surface area contributed by atoms with Gasteiger partial charge in [-0.05, 0) is 61.1 Å². The summed E-state index contributed by atoms with van der Waals surface area (Å²) in [5.74, 6) is 0.353. The Bertz CT molecular complexity index is 957. The van der Waals surface area contributed by atoms with Gasteiger partial charge in [0.05, 0.1) is 11.8 Å². The van der Waals surface area contributed by atoms with Gasteiger partial charge in [-0.2, -0.15) is 0 Å². The van der Waals surface area contributed by atoms with Crippen LogP contribution >= 0.6 is 0 Å². The smallest absolute Gasteiger partial charge is 0.268 e. The van der Waals surface area contributed by atoms with Gasteiger partial charge in [-0.15, -0.1) is 0 Å². The van der Waals surface area contributed by atoms with Gasteiger partial charge in [-0.3, -0.25) is 19.5 Å². The number of amides is 2. The van der Waals surface area contributed by atoms with Gasteiger partial charge in [0.1, 0.15) is 12.3 Å². The van der Waals surface area contributed by atoms with E-state index in [0.717, 1.165) is 30.6 Å². The number of carbonyl (C=O) groups excluding carboxylic acids is 2. The van der Waals surface area contributed by atoms with Crippen molar-refractivity contribution in [1.82, 2.24) is 9.88 Å². The molecule has 2 aliphatic heterocycles. The fourth-order valence-electron chi connectivity index (χ4n) is 4.21. The van der Waals surface area contributed by atoms with Crippen LogP contribution in [-0.4, -0.2) is 53.6 Å². The van der Waals surface area contributed by atoms with Crippen LogP contribution in [0.1, 0.15) is 37.8 Å². The summed E-state index contributed by atoms with van der Waals surface area (Å²) in [5.41, 5.74) is 2.66. The second-order valence-electron chi connectivity index (χ2n) is 8.94. The van der Waals surface area contributed by atoms with E-state index in [0.29, 0.717) is 24.5 Å². The predicted octanol–water partition coefficient (Wildman–Crippen LogP) is 3.35. The van der Waals surface area contributed by atoms with Crippen LogP contribution in [0, 0.1) is 12.8 Å². The van der Waals surface area contributed by atoms with Crippen LogP contribution in [0.3, 0.4) is 0 Å². The number of aryl methyl sites for hydroxylation is 1. The van der Waals surface area contributed by atoms with Crippen molar-refractivity contribution in [2.24, 2.45) is 5.92 Å². The molecule has 1 aromatic carbocycles. The number of fused-ring (bicyclic) bond motifs is 1. The molecule has 0 bridgehead atoms. The average molecular weight is 438 g/mol. The zero-order valence-corrected chi connectivity index (χ0v) is 19.0. The molecule has 2 aliphatic rings. The SMILES string of the molecule is Cc1ccc2c(c1)N(CC(=O)N(Cc1ccncc1)C[C@@H]1CCCO1)C(=O)[C@@H](C(C)C)O2. The zero-order valence-electron chi connectivity index (χ0n) is 19.0. The van der Waals surface area contributed by atoms with Crippen molar-refractivity contribution in [3.63, 3.8) is 0 Å². The molecule has 1 fully saturated rings. The first kappa shape index (κ1) is 22.3. The number of benzene rings is 1. The summed E-state index contributed by atoms with van der Waals surface area (Å²) in [5, 5.41) is 0. The molecule has 0 spiro atoms. The van der Waals surface area contributed by atoms with Crippen molar-refractivity contribution >= 4 is 17.5 Å². The summed E-state index contributed by atoms with van der Waals surface area (Å²) < 4.78 is 11.8. The van der Waals surface area contributed by atoms with Gasteiger partial charge in [0.2, 0.25) is 5.91 Å². The Morgan fingerprint density at radius 2 is 2.03 bits per heavy atom. The molecule has 3 heterocycles. The number of rotatable bonds is 7. The van der Waals surface area contributed by atoms with Gasteiger partial charge in [-0.25, -0.2) is 0 Å². The summed E-state index contributed by atoms with van der Waals surface area (Å²) in [7, 11) is 0. The number of pyridine rings is 1. The van der Waals surface area contributed by atoms with E-state index in [1.807, 2.05) is 51.1 Å². The molecule has 7 nitrogen and oxygen atoms in total. The van der Waals surface area contributed by atoms with E-state index >= 15 is 0 Å². The van der Waals surface area contributed by atoms with Crippen molar-refractivity contribution in [3.05, 3.63) is 53.9 Å². The quantitative estimate of drug-likeness (QED) is 0.664. The summed E-state index contributed by atoms with van der Waals surface area (Å²) in [4.78, 5) is 34.3. The van der Waals surface area contributed by atoms with E-state index in [2.05, 4.69) is 4.98 Å². The molecule has 170 valence electrons. The maximum atomic E-state index is 13.5. The standard InChI is InChI=1S/C25H31N3O4/c1-17(2)24-25(30)28(21-13-18(3)6-7-22(21)32-24)16-23(29)27(15-20-5-4-12-31-20)14-19-8-10-26-11-9-19/h6-11,13,17,20,24H,4-5,12,14-16H2,1-3H3/t20-,24+/m0/s1. The highest BCUT2D eigenvalue weighted by Gasteiger charge is 2.38. The molecule has 0 N–H and O–H groups in total. The Kier molecular flexibility index (Phi) is 6.74. The Morgan fingerprint density at radius 3 is 2.72 bits per heavy atom. The van der Waals surface area contributed by atoms with Gasteiger partial charge in [0, 0.05) is 32.1 Å². The maximum absolute atomic E-state index is 13.5. The number of hydrogen-bond acceptors (Lipinski definition) is 5. The van der Waals surface area contributed by atoms with Crippen LogP contribution < -0.4 is 9.64 Å². The molecule has 1 saturated heterocycles. The molecule has 2 aromatic rings. The minimum Gasteiger partial charge on any atom is -0.478 e. The number of anilines is 1. The number of hydrogen-bond donors (Lipinski definition) is 0. The first-order valence-electron chi connectivity index (χ1n) is 11.3. The monoisotopic (exact) mass is 437 g/mol. The van der Waals surface area contributed by atoms with Crippen molar-refractivity contribution in [1.29, 1.82) is 0 Å². The zero-order chi connectivity index (χ0) is 22.7. The molecule has 32 heavy (non-hydrogen) atoms. The van der Waals surface area contributed by atoms with E-state index in [9.17, 15) is 9.59 Å². The number of nitrogens with zero attached hydrogens (tertiary/aromatic N) is 3. The minimum atomic E-state index is -0.607. The largest absolute Gasteiger partial charge is 0.478 e. The maximum Gasteiger partial charge on any atom is 0.268 e. The molecule has 1 aromatic heterocycles. The van der Waals surface area contributed by atoms with Crippen LogP contribution in [0.25, 0.3) is 0 Å². The lowest BCUT2D eigenvalue weighted by Crippen LogP contribution is -2.52. The molecule has 0 saturated carbocycles. The fourth-order valence-corrected chi connectivity index (χ4v) is 4.21. The normalized spacial score (nSPS) is 20.2. The molecule has 0 unspecified atom stereocenters. The van der Waals surface area contributed by atoms with Gasteiger partial charge < -0.3 is 14.4 Å². The number of ether oxygens (including phenoxy) is 2. The lowest BCUT2D eigenvalue weighted by molar-refractivity contribution is -0.135.